The lowest BCUT2D eigenvalue weighted by molar-refractivity contribution is 0.0629. The third-order valence-corrected chi connectivity index (χ3v) is 3.35. The highest BCUT2D eigenvalue weighted by Crippen LogP contribution is 2.22. The smallest absolute Gasteiger partial charge is 0.256 e. The summed E-state index contributed by atoms with van der Waals surface area (Å²) >= 11 is 0. The van der Waals surface area contributed by atoms with Crippen LogP contribution in [0, 0.1) is 0 Å². The van der Waals surface area contributed by atoms with Crippen molar-refractivity contribution < 1.29 is 14.3 Å². The van der Waals surface area contributed by atoms with Gasteiger partial charge in [-0.3, -0.25) is 4.79 Å². The third-order valence-electron chi connectivity index (χ3n) is 3.35. The van der Waals surface area contributed by atoms with Crippen LogP contribution in [-0.2, 0) is 9.47 Å². The maximum Gasteiger partial charge on any atom is 0.256 e. The lowest BCUT2D eigenvalue weighted by Crippen LogP contribution is -2.36. The Morgan fingerprint density at radius 1 is 1.24 bits per heavy atom. The number of carbonyl (C=O) groups is 1. The van der Waals surface area contributed by atoms with Gasteiger partial charge >= 0.3 is 0 Å². The molecule has 3 N–H and O–H groups in total. The summed E-state index contributed by atoms with van der Waals surface area (Å²) < 4.78 is 10.1. The number of rotatable bonds is 7. The van der Waals surface area contributed by atoms with Gasteiger partial charge in [0.2, 0.25) is 0 Å². The first kappa shape index (κ1) is 15.3. The predicted molar refractivity (Wildman–Crippen MR) is 82.4 cm³/mol. The van der Waals surface area contributed by atoms with E-state index in [2.05, 4.69) is 4.98 Å². The van der Waals surface area contributed by atoms with E-state index >= 15 is 0 Å². The molecule has 1 aromatic heterocycles. The Labute approximate surface area is 123 Å². The second-order valence-corrected chi connectivity index (χ2v) is 4.79. The number of hydrogen-bond donors (Lipinski definition) is 2. The number of benzene rings is 1. The van der Waals surface area contributed by atoms with Gasteiger partial charge in [0.25, 0.3) is 5.91 Å². The zero-order chi connectivity index (χ0) is 15.2. The van der Waals surface area contributed by atoms with E-state index in [1.54, 1.807) is 31.4 Å². The van der Waals surface area contributed by atoms with Gasteiger partial charge in [0.05, 0.1) is 18.8 Å². The molecule has 6 nitrogen and oxygen atoms in total. The van der Waals surface area contributed by atoms with Gasteiger partial charge in [-0.2, -0.15) is 0 Å². The Balaban J connectivity index is 2.24. The lowest BCUT2D eigenvalue weighted by Gasteiger charge is -2.21. The van der Waals surface area contributed by atoms with Crippen molar-refractivity contribution >= 4 is 22.5 Å². The molecule has 0 aliphatic heterocycles. The lowest BCUT2D eigenvalue weighted by atomic mass is 10.1. The molecule has 114 valence electrons. The van der Waals surface area contributed by atoms with Crippen LogP contribution in [0.3, 0.4) is 0 Å². The minimum absolute atomic E-state index is 0.0416. The number of aromatic nitrogens is 1. The maximum absolute atomic E-state index is 12.7. The number of nitrogen functional groups attached to an aromatic ring is 1. The quantitative estimate of drug-likeness (QED) is 0.757. The van der Waals surface area contributed by atoms with Crippen LogP contribution in [0.5, 0.6) is 0 Å². The Morgan fingerprint density at radius 2 is 1.90 bits per heavy atom. The summed E-state index contributed by atoms with van der Waals surface area (Å²) in [6, 6.07) is 5.47. The summed E-state index contributed by atoms with van der Waals surface area (Å²) in [5.41, 5.74) is 7.91. The van der Waals surface area contributed by atoms with Crippen molar-refractivity contribution in [1.29, 1.82) is 0 Å². The zero-order valence-corrected chi connectivity index (χ0v) is 12.4. The van der Waals surface area contributed by atoms with E-state index in [4.69, 9.17) is 15.2 Å². The number of nitrogens with two attached hydrogens (primary N) is 1. The van der Waals surface area contributed by atoms with Gasteiger partial charge in [0.1, 0.15) is 0 Å². The molecule has 2 rings (SSSR count). The van der Waals surface area contributed by atoms with E-state index in [0.717, 1.165) is 10.9 Å². The van der Waals surface area contributed by atoms with Crippen molar-refractivity contribution in [2.24, 2.45) is 0 Å². The minimum atomic E-state index is -0.0416. The number of H-pyrrole nitrogens is 1. The summed E-state index contributed by atoms with van der Waals surface area (Å²) in [6.45, 7) is 2.04. The standard InChI is InChI=1S/C15H21N3O3/c1-20-7-5-18(6-8-21-2)15(19)13-10-17-14-9-11(16)3-4-12(13)14/h3-4,9-10,17H,5-8,16H2,1-2H3. The van der Waals surface area contributed by atoms with Crippen molar-refractivity contribution in [2.45, 2.75) is 0 Å². The van der Waals surface area contributed by atoms with Gasteiger partial charge in [-0.25, -0.2) is 0 Å². The van der Waals surface area contributed by atoms with Crippen LogP contribution in [0.2, 0.25) is 0 Å². The fourth-order valence-corrected chi connectivity index (χ4v) is 2.21. The highest BCUT2D eigenvalue weighted by Gasteiger charge is 2.18. The van der Waals surface area contributed by atoms with Gasteiger partial charge in [0.15, 0.2) is 0 Å². The SMILES string of the molecule is COCCN(CCOC)C(=O)c1c[nH]c2cc(N)ccc12. The summed E-state index contributed by atoms with van der Waals surface area (Å²) in [7, 11) is 3.24. The van der Waals surface area contributed by atoms with E-state index in [-0.39, 0.29) is 5.91 Å². The molecule has 0 bridgehead atoms. The van der Waals surface area contributed by atoms with Crippen molar-refractivity contribution in [3.8, 4) is 0 Å². The number of anilines is 1. The molecule has 1 heterocycles. The Bertz CT molecular complexity index is 601. The number of hydrogen-bond acceptors (Lipinski definition) is 4. The van der Waals surface area contributed by atoms with Crippen molar-refractivity contribution in [1.82, 2.24) is 9.88 Å². The fourth-order valence-electron chi connectivity index (χ4n) is 2.21. The van der Waals surface area contributed by atoms with Crippen molar-refractivity contribution in [3.05, 3.63) is 30.0 Å². The number of methoxy groups -OCH3 is 2. The van der Waals surface area contributed by atoms with Crippen LogP contribution >= 0.6 is 0 Å². The van der Waals surface area contributed by atoms with Crippen molar-refractivity contribution in [3.63, 3.8) is 0 Å². The van der Waals surface area contributed by atoms with Gasteiger partial charge < -0.3 is 25.1 Å². The molecule has 0 saturated carbocycles. The molecule has 0 aliphatic carbocycles. The average Bonchev–Trinajstić information content (AvgIpc) is 2.89. The van der Waals surface area contributed by atoms with E-state index in [1.807, 2.05) is 12.1 Å². The molecule has 0 saturated heterocycles. The topological polar surface area (TPSA) is 80.6 Å². The van der Waals surface area contributed by atoms with Crippen LogP contribution in [0.15, 0.2) is 24.4 Å². The first-order valence-electron chi connectivity index (χ1n) is 6.81. The fraction of sp³-hybridized carbons (Fsp3) is 0.400. The van der Waals surface area contributed by atoms with Crippen LogP contribution in [-0.4, -0.2) is 56.3 Å². The number of ether oxygens (including phenoxy) is 2. The van der Waals surface area contributed by atoms with E-state index in [9.17, 15) is 4.79 Å². The number of aromatic amines is 1. The molecule has 0 spiro atoms. The maximum atomic E-state index is 12.7. The van der Waals surface area contributed by atoms with E-state index < -0.39 is 0 Å². The van der Waals surface area contributed by atoms with Crippen LogP contribution in [0.1, 0.15) is 10.4 Å². The molecule has 1 amide bonds. The van der Waals surface area contributed by atoms with Gasteiger partial charge in [0, 0.05) is 50.1 Å². The molecule has 0 aliphatic rings. The minimum Gasteiger partial charge on any atom is -0.399 e. The molecule has 2 aromatic rings. The highest BCUT2D eigenvalue weighted by molar-refractivity contribution is 6.07. The predicted octanol–water partition coefficient (Wildman–Crippen LogP) is 1.49. The first-order valence-corrected chi connectivity index (χ1v) is 6.81. The third kappa shape index (κ3) is 3.53. The van der Waals surface area contributed by atoms with E-state index in [0.29, 0.717) is 37.6 Å². The number of fused-ring (bicyclic) bond motifs is 1. The summed E-state index contributed by atoms with van der Waals surface area (Å²) in [5, 5.41) is 0.869. The van der Waals surface area contributed by atoms with E-state index in [1.165, 1.54) is 0 Å². The largest absolute Gasteiger partial charge is 0.399 e. The zero-order valence-electron chi connectivity index (χ0n) is 12.4. The van der Waals surface area contributed by atoms with Gasteiger partial charge in [-0.1, -0.05) is 0 Å². The average molecular weight is 291 g/mol. The number of nitrogens with zero attached hydrogens (tertiary/aromatic N) is 1. The van der Waals surface area contributed by atoms with Crippen molar-refractivity contribution in [2.75, 3.05) is 46.3 Å². The number of carbonyl (C=O) groups excluding carboxylic acids is 1. The molecular weight excluding hydrogens is 270 g/mol. The number of nitrogens with one attached hydrogen (secondary N) is 1. The Morgan fingerprint density at radius 3 is 2.52 bits per heavy atom. The molecule has 0 atom stereocenters. The van der Waals surface area contributed by atoms with Crippen LogP contribution < -0.4 is 5.73 Å². The second kappa shape index (κ2) is 7.10. The molecule has 0 unspecified atom stereocenters. The normalized spacial score (nSPS) is 11.0. The molecule has 0 radical (unpaired) electrons. The van der Waals surface area contributed by atoms with Crippen LogP contribution in [0.25, 0.3) is 10.9 Å². The first-order chi connectivity index (χ1) is 10.2. The summed E-state index contributed by atoms with van der Waals surface area (Å²) in [6.07, 6.45) is 1.72. The molecule has 0 fully saturated rings. The second-order valence-electron chi connectivity index (χ2n) is 4.79. The molecule has 6 heteroatoms. The van der Waals surface area contributed by atoms with Gasteiger partial charge in [-0.05, 0) is 18.2 Å². The molecular formula is C15H21N3O3. The number of amides is 1. The Hall–Kier alpha value is -2.05. The monoisotopic (exact) mass is 291 g/mol. The molecule has 21 heavy (non-hydrogen) atoms. The summed E-state index contributed by atoms with van der Waals surface area (Å²) in [5.74, 6) is -0.0416. The van der Waals surface area contributed by atoms with Crippen LogP contribution in [0.4, 0.5) is 5.69 Å². The Kier molecular flexibility index (Phi) is 5.19. The van der Waals surface area contributed by atoms with Gasteiger partial charge in [-0.15, -0.1) is 0 Å². The summed E-state index contributed by atoms with van der Waals surface area (Å²) in [4.78, 5) is 17.5. The highest BCUT2D eigenvalue weighted by atomic mass is 16.5. The molecule has 1 aromatic carbocycles.